The number of ether oxygens (including phenoxy) is 1. The van der Waals surface area contributed by atoms with Crippen LogP contribution in [-0.4, -0.2) is 32.0 Å². The number of carbonyl (C=O) groups excluding carboxylic acids is 2. The molecule has 5 heteroatoms. The summed E-state index contributed by atoms with van der Waals surface area (Å²) in [5.41, 5.74) is 1.09. The summed E-state index contributed by atoms with van der Waals surface area (Å²) in [5.74, 6) is 1.24. The van der Waals surface area contributed by atoms with Gasteiger partial charge in [0.25, 0.3) is 0 Å². The van der Waals surface area contributed by atoms with Gasteiger partial charge in [-0.25, -0.2) is 0 Å². The Kier molecular flexibility index (Phi) is 6.25. The Morgan fingerprint density at radius 3 is 2.68 bits per heavy atom. The van der Waals surface area contributed by atoms with Crippen molar-refractivity contribution < 1.29 is 14.3 Å². The van der Waals surface area contributed by atoms with Gasteiger partial charge in [0.1, 0.15) is 5.75 Å². The summed E-state index contributed by atoms with van der Waals surface area (Å²) in [7, 11) is 1.65. The second kappa shape index (κ2) is 8.41. The van der Waals surface area contributed by atoms with E-state index in [1.54, 1.807) is 7.11 Å². The number of rotatable bonds is 9. The van der Waals surface area contributed by atoms with Crippen LogP contribution in [0.5, 0.6) is 5.75 Å². The third-order valence-electron chi connectivity index (χ3n) is 3.74. The first-order chi connectivity index (χ1) is 10.7. The highest BCUT2D eigenvalue weighted by Crippen LogP contribution is 2.28. The van der Waals surface area contributed by atoms with Crippen LogP contribution in [0.3, 0.4) is 0 Å². The lowest BCUT2D eigenvalue weighted by molar-refractivity contribution is -0.123. The number of hydrogen-bond acceptors (Lipinski definition) is 3. The number of hydrogen-bond donors (Lipinski definition) is 2. The Labute approximate surface area is 131 Å². The van der Waals surface area contributed by atoms with Crippen molar-refractivity contribution in [3.63, 3.8) is 0 Å². The van der Waals surface area contributed by atoms with E-state index in [1.807, 2.05) is 24.3 Å². The van der Waals surface area contributed by atoms with Crippen LogP contribution in [0.15, 0.2) is 24.3 Å². The number of methoxy groups -OCH3 is 1. The van der Waals surface area contributed by atoms with E-state index in [0.29, 0.717) is 25.9 Å². The molecule has 2 amide bonds. The fourth-order valence-corrected chi connectivity index (χ4v) is 2.28. The van der Waals surface area contributed by atoms with E-state index in [2.05, 4.69) is 10.6 Å². The topological polar surface area (TPSA) is 67.4 Å². The zero-order valence-corrected chi connectivity index (χ0v) is 13.1. The molecular weight excluding hydrogens is 280 g/mol. The predicted octanol–water partition coefficient (Wildman–Crippen LogP) is 1.66. The van der Waals surface area contributed by atoms with Crippen molar-refractivity contribution in [2.24, 2.45) is 5.92 Å². The predicted molar refractivity (Wildman–Crippen MR) is 84.7 cm³/mol. The molecule has 22 heavy (non-hydrogen) atoms. The van der Waals surface area contributed by atoms with Gasteiger partial charge in [-0.2, -0.15) is 0 Å². The average Bonchev–Trinajstić information content (AvgIpc) is 3.36. The second-order valence-corrected chi connectivity index (χ2v) is 5.58. The van der Waals surface area contributed by atoms with E-state index in [4.69, 9.17) is 4.74 Å². The van der Waals surface area contributed by atoms with Crippen molar-refractivity contribution in [1.29, 1.82) is 0 Å². The highest BCUT2D eigenvalue weighted by Gasteiger charge is 2.28. The molecule has 1 aliphatic rings. The van der Waals surface area contributed by atoms with Crippen LogP contribution in [-0.2, 0) is 16.0 Å². The molecule has 1 aromatic carbocycles. The third kappa shape index (κ3) is 5.39. The molecule has 0 heterocycles. The van der Waals surface area contributed by atoms with Gasteiger partial charge in [-0.3, -0.25) is 9.59 Å². The maximum atomic E-state index is 11.7. The molecule has 0 bridgehead atoms. The lowest BCUT2D eigenvalue weighted by Crippen LogP contribution is -2.29. The van der Waals surface area contributed by atoms with Crippen molar-refractivity contribution in [3.8, 4) is 5.75 Å². The van der Waals surface area contributed by atoms with Gasteiger partial charge < -0.3 is 15.4 Å². The Bertz CT molecular complexity index is 512. The molecule has 120 valence electrons. The number of amides is 2. The van der Waals surface area contributed by atoms with Gasteiger partial charge in [-0.05, 0) is 37.3 Å². The molecular formula is C17H24N2O3. The number of para-hydroxylation sites is 1. The maximum absolute atomic E-state index is 11.7. The number of nitrogens with one attached hydrogen (secondary N) is 2. The summed E-state index contributed by atoms with van der Waals surface area (Å²) in [4.78, 5) is 23.1. The van der Waals surface area contributed by atoms with Crippen molar-refractivity contribution >= 4 is 11.8 Å². The van der Waals surface area contributed by atoms with Gasteiger partial charge in [-0.15, -0.1) is 0 Å². The molecule has 0 aromatic heterocycles. The quantitative estimate of drug-likeness (QED) is 0.682. The monoisotopic (exact) mass is 304 g/mol. The molecule has 0 radical (unpaired) electrons. The van der Waals surface area contributed by atoms with Gasteiger partial charge in [0.15, 0.2) is 0 Å². The van der Waals surface area contributed by atoms with Crippen LogP contribution in [0.1, 0.15) is 31.2 Å². The van der Waals surface area contributed by atoms with Crippen LogP contribution in [0.4, 0.5) is 0 Å². The Balaban J connectivity index is 1.56. The Morgan fingerprint density at radius 1 is 1.18 bits per heavy atom. The minimum atomic E-state index is 0.0237. The lowest BCUT2D eigenvalue weighted by atomic mass is 10.1. The molecule has 2 N–H and O–H groups in total. The minimum absolute atomic E-state index is 0.0237. The first-order valence-electron chi connectivity index (χ1n) is 7.87. The largest absolute Gasteiger partial charge is 0.496 e. The third-order valence-corrected chi connectivity index (χ3v) is 3.74. The fourth-order valence-electron chi connectivity index (χ4n) is 2.28. The summed E-state index contributed by atoms with van der Waals surface area (Å²) in [5, 5.41) is 5.76. The van der Waals surface area contributed by atoms with Crippen LogP contribution >= 0.6 is 0 Å². The zero-order chi connectivity index (χ0) is 15.8. The minimum Gasteiger partial charge on any atom is -0.496 e. The van der Waals surface area contributed by atoms with E-state index < -0.39 is 0 Å². The summed E-state index contributed by atoms with van der Waals surface area (Å²) >= 11 is 0. The molecule has 1 aromatic rings. The first kappa shape index (κ1) is 16.3. The molecule has 5 nitrogen and oxygen atoms in total. The molecule has 1 fully saturated rings. The van der Waals surface area contributed by atoms with E-state index in [9.17, 15) is 9.59 Å². The van der Waals surface area contributed by atoms with Gasteiger partial charge in [0, 0.05) is 25.4 Å². The highest BCUT2D eigenvalue weighted by molar-refractivity contribution is 5.81. The van der Waals surface area contributed by atoms with Crippen molar-refractivity contribution in [1.82, 2.24) is 10.6 Å². The number of carbonyl (C=O) groups is 2. The Morgan fingerprint density at radius 2 is 1.95 bits per heavy atom. The molecule has 0 unspecified atom stereocenters. The van der Waals surface area contributed by atoms with Gasteiger partial charge in [0.2, 0.25) is 11.8 Å². The zero-order valence-electron chi connectivity index (χ0n) is 13.1. The average molecular weight is 304 g/mol. The van der Waals surface area contributed by atoms with E-state index in [1.165, 1.54) is 0 Å². The fraction of sp³-hybridized carbons (Fsp3) is 0.529. The van der Waals surface area contributed by atoms with E-state index >= 15 is 0 Å². The van der Waals surface area contributed by atoms with Crippen LogP contribution in [0, 0.1) is 5.92 Å². The Hall–Kier alpha value is -2.04. The van der Waals surface area contributed by atoms with Gasteiger partial charge in [0.05, 0.1) is 7.11 Å². The van der Waals surface area contributed by atoms with Crippen molar-refractivity contribution in [2.45, 2.75) is 32.1 Å². The maximum Gasteiger partial charge on any atom is 0.223 e. The van der Waals surface area contributed by atoms with Gasteiger partial charge >= 0.3 is 0 Å². The molecule has 0 atom stereocenters. The molecule has 0 saturated heterocycles. The number of benzene rings is 1. The smallest absolute Gasteiger partial charge is 0.223 e. The van der Waals surface area contributed by atoms with Gasteiger partial charge in [-0.1, -0.05) is 18.2 Å². The summed E-state index contributed by atoms with van der Waals surface area (Å²) < 4.78 is 5.28. The van der Waals surface area contributed by atoms with Crippen LogP contribution < -0.4 is 15.4 Å². The van der Waals surface area contributed by atoms with E-state index in [-0.39, 0.29) is 17.7 Å². The van der Waals surface area contributed by atoms with E-state index in [0.717, 1.165) is 30.6 Å². The molecule has 0 spiro atoms. The highest BCUT2D eigenvalue weighted by atomic mass is 16.5. The van der Waals surface area contributed by atoms with Crippen LogP contribution in [0.25, 0.3) is 0 Å². The SMILES string of the molecule is COc1ccccc1CCNC(=O)CCCNC(=O)C1CC1. The second-order valence-electron chi connectivity index (χ2n) is 5.58. The normalized spacial score (nSPS) is 13.5. The summed E-state index contributed by atoms with van der Waals surface area (Å²) in [6, 6.07) is 7.80. The molecule has 0 aliphatic heterocycles. The molecule has 1 saturated carbocycles. The molecule has 2 rings (SSSR count). The van der Waals surface area contributed by atoms with Crippen molar-refractivity contribution in [3.05, 3.63) is 29.8 Å². The lowest BCUT2D eigenvalue weighted by Gasteiger charge is -2.09. The standard InChI is InChI=1S/C17H24N2O3/c1-22-15-6-3-2-5-13(15)10-12-18-16(20)7-4-11-19-17(21)14-8-9-14/h2-3,5-6,14H,4,7-12H2,1H3,(H,18,20)(H,19,21). The molecule has 1 aliphatic carbocycles. The first-order valence-corrected chi connectivity index (χ1v) is 7.87. The summed E-state index contributed by atoms with van der Waals surface area (Å²) in [6.07, 6.45) is 3.88. The summed E-state index contributed by atoms with van der Waals surface area (Å²) in [6.45, 7) is 1.17. The van der Waals surface area contributed by atoms with Crippen molar-refractivity contribution in [2.75, 3.05) is 20.2 Å². The van der Waals surface area contributed by atoms with Crippen LogP contribution in [0.2, 0.25) is 0 Å².